The van der Waals surface area contributed by atoms with E-state index in [0.717, 1.165) is 27.5 Å². The molecule has 0 saturated heterocycles. The third kappa shape index (κ3) is 2.11. The Kier molecular flexibility index (Phi) is 3.20. The van der Waals surface area contributed by atoms with Crippen molar-refractivity contribution in [3.8, 4) is 5.75 Å². The summed E-state index contributed by atoms with van der Waals surface area (Å²) in [5.74, 6) is 0.132. The van der Waals surface area contributed by atoms with E-state index in [1.54, 1.807) is 24.3 Å². The van der Waals surface area contributed by atoms with Gasteiger partial charge in [0.25, 0.3) is 0 Å². The first-order chi connectivity index (χ1) is 13.6. The van der Waals surface area contributed by atoms with Crippen LogP contribution in [-0.4, -0.2) is 0 Å². The molecule has 2 aliphatic heterocycles. The Balaban J connectivity index is 1.70. The number of rotatable bonds is 1. The summed E-state index contributed by atoms with van der Waals surface area (Å²) in [6, 6.07) is 16.3. The van der Waals surface area contributed by atoms with E-state index in [1.165, 1.54) is 0 Å². The van der Waals surface area contributed by atoms with Crippen LogP contribution in [0.4, 0.5) is 0 Å². The molecule has 0 radical (unpaired) electrons. The number of ether oxygens (including phenoxy) is 2. The van der Waals surface area contributed by atoms with Crippen molar-refractivity contribution >= 4 is 22.1 Å². The highest BCUT2D eigenvalue weighted by molar-refractivity contribution is 7.08. The van der Waals surface area contributed by atoms with Crippen molar-refractivity contribution in [1.29, 1.82) is 0 Å². The Morgan fingerprint density at radius 1 is 1.14 bits per heavy atom. The molecule has 28 heavy (non-hydrogen) atoms. The van der Waals surface area contributed by atoms with E-state index in [2.05, 4.69) is 29.6 Å². The molecule has 0 spiro atoms. The van der Waals surface area contributed by atoms with Crippen molar-refractivity contribution in [3.63, 3.8) is 0 Å². The smallest absolute Gasteiger partial charge is 0.345 e. The third-order valence-corrected chi connectivity index (χ3v) is 6.33. The molecule has 4 heterocycles. The van der Waals surface area contributed by atoms with Gasteiger partial charge in [-0.15, -0.1) is 0 Å². The summed E-state index contributed by atoms with van der Waals surface area (Å²) in [6.45, 7) is 1.76. The second-order valence-electron chi connectivity index (χ2n) is 7.32. The average Bonchev–Trinajstić information content (AvgIpc) is 3.23. The quantitative estimate of drug-likeness (QED) is 0.457. The first-order valence-electron chi connectivity index (χ1n) is 9.19. The van der Waals surface area contributed by atoms with E-state index in [9.17, 15) is 4.79 Å². The monoisotopic (exact) mass is 388 g/mol. The molecule has 4 nitrogen and oxygen atoms in total. The van der Waals surface area contributed by atoms with E-state index in [0.29, 0.717) is 23.5 Å². The van der Waals surface area contributed by atoms with Gasteiger partial charge in [0.1, 0.15) is 23.2 Å². The van der Waals surface area contributed by atoms with Gasteiger partial charge >= 0.3 is 5.63 Å². The summed E-state index contributed by atoms with van der Waals surface area (Å²) >= 11 is 1.60. The van der Waals surface area contributed by atoms with Crippen molar-refractivity contribution in [2.75, 3.05) is 0 Å². The number of thiophene rings is 1. The van der Waals surface area contributed by atoms with Gasteiger partial charge in [-0.25, -0.2) is 4.79 Å². The van der Waals surface area contributed by atoms with Crippen molar-refractivity contribution < 1.29 is 13.9 Å². The molecule has 2 aromatic heterocycles. The van der Waals surface area contributed by atoms with Crippen molar-refractivity contribution in [2.45, 2.75) is 25.2 Å². The van der Waals surface area contributed by atoms with Crippen LogP contribution >= 0.6 is 11.3 Å². The normalized spacial score (nSPS) is 22.4. The summed E-state index contributed by atoms with van der Waals surface area (Å²) in [5, 5.41) is 6.40. The van der Waals surface area contributed by atoms with Gasteiger partial charge in [-0.3, -0.25) is 0 Å². The standard InChI is InChI=1S/C23H16O4S/c1-13-10-19-20(22(24)25-13)21-17-7-6-14-4-2-3-5-16(14)18(17)11-23(26-19,27-21)15-8-9-28-12-15/h2-10,12,21H,11H2,1H3. The molecule has 2 aliphatic rings. The topological polar surface area (TPSA) is 48.7 Å². The molecule has 0 fully saturated rings. The van der Waals surface area contributed by atoms with Crippen molar-refractivity contribution in [2.24, 2.45) is 0 Å². The number of benzene rings is 2. The summed E-state index contributed by atoms with van der Waals surface area (Å²) in [7, 11) is 0. The maximum Gasteiger partial charge on any atom is 0.345 e. The van der Waals surface area contributed by atoms with Crippen LogP contribution in [0.3, 0.4) is 0 Å². The van der Waals surface area contributed by atoms with Gasteiger partial charge < -0.3 is 13.9 Å². The summed E-state index contributed by atoms with van der Waals surface area (Å²) in [6.07, 6.45) is 0.0594. The molecule has 2 atom stereocenters. The van der Waals surface area contributed by atoms with E-state index in [1.807, 2.05) is 23.6 Å². The van der Waals surface area contributed by atoms with Crippen LogP contribution in [0.25, 0.3) is 10.8 Å². The molecule has 2 aromatic carbocycles. The van der Waals surface area contributed by atoms with Gasteiger partial charge in [-0.2, -0.15) is 11.3 Å². The Labute approximate surface area is 165 Å². The van der Waals surface area contributed by atoms with E-state index in [4.69, 9.17) is 13.9 Å². The van der Waals surface area contributed by atoms with Crippen LogP contribution in [0, 0.1) is 6.92 Å². The summed E-state index contributed by atoms with van der Waals surface area (Å²) in [5.41, 5.74) is 3.17. The maximum atomic E-state index is 12.7. The van der Waals surface area contributed by atoms with Crippen LogP contribution < -0.4 is 10.4 Å². The lowest BCUT2D eigenvalue weighted by atomic mass is 9.83. The van der Waals surface area contributed by atoms with Gasteiger partial charge in [0.2, 0.25) is 5.79 Å². The second kappa shape index (κ2) is 5.56. The Bertz CT molecular complexity index is 1290. The molecule has 2 bridgehead atoms. The van der Waals surface area contributed by atoms with Crippen LogP contribution in [0.2, 0.25) is 0 Å². The van der Waals surface area contributed by atoms with Crippen LogP contribution in [0.1, 0.15) is 34.1 Å². The lowest BCUT2D eigenvalue weighted by molar-refractivity contribution is -0.237. The fraction of sp³-hybridized carbons (Fsp3) is 0.174. The van der Waals surface area contributed by atoms with Gasteiger partial charge in [0.15, 0.2) is 0 Å². The minimum atomic E-state index is -0.949. The third-order valence-electron chi connectivity index (χ3n) is 5.65. The Hall–Kier alpha value is -2.89. The summed E-state index contributed by atoms with van der Waals surface area (Å²) < 4.78 is 18.3. The molecule has 0 saturated carbocycles. The fourth-order valence-electron chi connectivity index (χ4n) is 4.40. The molecule has 4 aromatic rings. The zero-order valence-electron chi connectivity index (χ0n) is 15.1. The first-order valence-corrected chi connectivity index (χ1v) is 10.1. The number of hydrogen-bond donors (Lipinski definition) is 0. The molecule has 138 valence electrons. The molecule has 0 amide bonds. The Morgan fingerprint density at radius 2 is 2.04 bits per heavy atom. The largest absolute Gasteiger partial charge is 0.457 e. The van der Waals surface area contributed by atoms with Gasteiger partial charge in [-0.1, -0.05) is 36.4 Å². The van der Waals surface area contributed by atoms with Gasteiger partial charge in [-0.05, 0) is 40.3 Å². The van der Waals surface area contributed by atoms with Crippen molar-refractivity contribution in [1.82, 2.24) is 0 Å². The summed E-state index contributed by atoms with van der Waals surface area (Å²) in [4.78, 5) is 12.7. The van der Waals surface area contributed by atoms with Gasteiger partial charge in [0.05, 0.1) is 0 Å². The number of fused-ring (bicyclic) bond motifs is 8. The highest BCUT2D eigenvalue weighted by Gasteiger charge is 2.50. The van der Waals surface area contributed by atoms with Crippen molar-refractivity contribution in [3.05, 3.63) is 97.7 Å². The van der Waals surface area contributed by atoms with E-state index < -0.39 is 17.5 Å². The SMILES string of the molecule is Cc1cc2c(c(=O)o1)C1OC(c3ccsc3)(Cc3c1ccc1ccccc31)O2. The molecular weight excluding hydrogens is 372 g/mol. The number of aryl methyl sites for hydroxylation is 1. The predicted molar refractivity (Wildman–Crippen MR) is 107 cm³/mol. The molecule has 0 N–H and O–H groups in total. The fourth-order valence-corrected chi connectivity index (χ4v) is 5.11. The van der Waals surface area contributed by atoms with Crippen LogP contribution in [0.5, 0.6) is 5.75 Å². The lowest BCUT2D eigenvalue weighted by Crippen LogP contribution is -2.47. The zero-order chi connectivity index (χ0) is 18.9. The van der Waals surface area contributed by atoms with Crippen LogP contribution in [-0.2, 0) is 16.9 Å². The first kappa shape index (κ1) is 16.1. The minimum Gasteiger partial charge on any atom is -0.457 e. The maximum absolute atomic E-state index is 12.7. The highest BCUT2D eigenvalue weighted by Crippen LogP contribution is 2.52. The molecular formula is C23H16O4S. The zero-order valence-corrected chi connectivity index (χ0v) is 15.9. The van der Waals surface area contributed by atoms with E-state index in [-0.39, 0.29) is 0 Å². The van der Waals surface area contributed by atoms with E-state index >= 15 is 0 Å². The predicted octanol–water partition coefficient (Wildman–Crippen LogP) is 5.07. The second-order valence-corrected chi connectivity index (χ2v) is 8.10. The Morgan fingerprint density at radius 3 is 2.89 bits per heavy atom. The molecule has 0 aliphatic carbocycles. The average molecular weight is 388 g/mol. The van der Waals surface area contributed by atoms with Crippen LogP contribution in [0.15, 0.2) is 68.5 Å². The molecule has 5 heteroatoms. The lowest BCUT2D eigenvalue weighted by Gasteiger charge is -2.46. The minimum absolute atomic E-state index is 0.403. The van der Waals surface area contributed by atoms with Gasteiger partial charge in [0, 0.05) is 23.4 Å². The number of hydrogen-bond acceptors (Lipinski definition) is 5. The molecule has 6 rings (SSSR count). The highest BCUT2D eigenvalue weighted by atomic mass is 32.1. The molecule has 2 unspecified atom stereocenters.